The van der Waals surface area contributed by atoms with Crippen LogP contribution in [0, 0.1) is 0 Å². The monoisotopic (exact) mass is 319 g/mol. The maximum absolute atomic E-state index is 12.3. The average molecular weight is 319 g/mol. The molecule has 0 bridgehead atoms. The summed E-state index contributed by atoms with van der Waals surface area (Å²) >= 11 is 0. The molecule has 1 aliphatic rings. The van der Waals surface area contributed by atoms with Crippen LogP contribution < -0.4 is 9.64 Å². The van der Waals surface area contributed by atoms with Gasteiger partial charge in [0.15, 0.2) is 12.4 Å². The van der Waals surface area contributed by atoms with Gasteiger partial charge in [0.25, 0.3) is 5.91 Å². The van der Waals surface area contributed by atoms with Crippen molar-refractivity contribution < 1.29 is 23.9 Å². The number of fused-ring (bicyclic) bond motifs is 1. The third-order valence-electron chi connectivity index (χ3n) is 3.87. The number of hydrogen-bond acceptors (Lipinski definition) is 5. The third kappa shape index (κ3) is 3.52. The van der Waals surface area contributed by atoms with Crippen LogP contribution in [-0.4, -0.2) is 36.4 Å². The quantitative estimate of drug-likeness (QED) is 0.615. The van der Waals surface area contributed by atoms with Crippen LogP contribution in [-0.2, 0) is 14.3 Å². The highest BCUT2D eigenvalue weighted by atomic mass is 16.5. The predicted molar refractivity (Wildman–Crippen MR) is 84.7 cm³/mol. The van der Waals surface area contributed by atoms with Gasteiger partial charge in [0.1, 0.15) is 11.8 Å². The first-order chi connectivity index (χ1) is 10.8. The van der Waals surface area contributed by atoms with Crippen molar-refractivity contribution in [3.8, 4) is 5.75 Å². The highest BCUT2D eigenvalue weighted by Crippen LogP contribution is 2.34. The maximum Gasteiger partial charge on any atom is 0.329 e. The van der Waals surface area contributed by atoms with Gasteiger partial charge >= 0.3 is 5.97 Å². The van der Waals surface area contributed by atoms with Crippen molar-refractivity contribution in [1.29, 1.82) is 0 Å². The van der Waals surface area contributed by atoms with Gasteiger partial charge in [-0.25, -0.2) is 4.79 Å². The standard InChI is InChI=1S/C17H21NO5/c1-5-10(2)23-17(21)11(3)18-14-8-13(12(4)19)6-7-15(14)22-9-16(18)20/h6-8,10-11H,5,9H2,1-4H3. The molecule has 0 fully saturated rings. The summed E-state index contributed by atoms with van der Waals surface area (Å²) in [6, 6.07) is 4.05. The van der Waals surface area contributed by atoms with Gasteiger partial charge < -0.3 is 9.47 Å². The molecule has 124 valence electrons. The van der Waals surface area contributed by atoms with E-state index in [0.717, 1.165) is 0 Å². The SMILES string of the molecule is CCC(C)OC(=O)C(C)N1C(=O)COc2ccc(C(C)=O)cc21. The Bertz CT molecular complexity index is 640. The van der Waals surface area contributed by atoms with Crippen molar-refractivity contribution in [2.45, 2.75) is 46.3 Å². The van der Waals surface area contributed by atoms with Crippen LogP contribution in [0.3, 0.4) is 0 Å². The van der Waals surface area contributed by atoms with Gasteiger partial charge in [0, 0.05) is 5.56 Å². The minimum absolute atomic E-state index is 0.124. The Balaban J connectivity index is 2.35. The molecule has 2 atom stereocenters. The Labute approximate surface area is 135 Å². The molecule has 1 amide bonds. The maximum atomic E-state index is 12.3. The van der Waals surface area contributed by atoms with E-state index in [2.05, 4.69) is 0 Å². The Morgan fingerprint density at radius 1 is 1.35 bits per heavy atom. The molecule has 0 spiro atoms. The first-order valence-corrected chi connectivity index (χ1v) is 7.65. The molecule has 0 aromatic heterocycles. The molecule has 6 nitrogen and oxygen atoms in total. The van der Waals surface area contributed by atoms with Crippen molar-refractivity contribution in [3.05, 3.63) is 23.8 Å². The van der Waals surface area contributed by atoms with Crippen LogP contribution >= 0.6 is 0 Å². The molecular weight excluding hydrogens is 298 g/mol. The summed E-state index contributed by atoms with van der Waals surface area (Å²) in [7, 11) is 0. The molecule has 1 aromatic carbocycles. The van der Waals surface area contributed by atoms with Crippen molar-refractivity contribution >= 4 is 23.3 Å². The summed E-state index contributed by atoms with van der Waals surface area (Å²) in [6.45, 7) is 6.62. The fourth-order valence-electron chi connectivity index (χ4n) is 2.30. The van der Waals surface area contributed by atoms with E-state index in [-0.39, 0.29) is 24.4 Å². The van der Waals surface area contributed by atoms with Crippen LogP contribution in [0.2, 0.25) is 0 Å². The van der Waals surface area contributed by atoms with Gasteiger partial charge in [-0.1, -0.05) is 6.92 Å². The number of benzene rings is 1. The molecule has 1 heterocycles. The number of esters is 1. The molecule has 1 aliphatic heterocycles. The molecule has 0 saturated carbocycles. The van der Waals surface area contributed by atoms with Crippen LogP contribution in [0.1, 0.15) is 44.5 Å². The smallest absolute Gasteiger partial charge is 0.329 e. The lowest BCUT2D eigenvalue weighted by atomic mass is 10.1. The summed E-state index contributed by atoms with van der Waals surface area (Å²) in [6.07, 6.45) is 0.477. The van der Waals surface area contributed by atoms with Crippen LogP contribution in [0.5, 0.6) is 5.75 Å². The zero-order valence-corrected chi connectivity index (χ0v) is 13.8. The molecule has 0 N–H and O–H groups in total. The molecule has 2 rings (SSSR count). The van der Waals surface area contributed by atoms with E-state index in [9.17, 15) is 14.4 Å². The zero-order chi connectivity index (χ0) is 17.1. The summed E-state index contributed by atoms with van der Waals surface area (Å²) in [4.78, 5) is 37.4. The lowest BCUT2D eigenvalue weighted by Gasteiger charge is -2.33. The van der Waals surface area contributed by atoms with E-state index in [0.29, 0.717) is 23.4 Å². The van der Waals surface area contributed by atoms with E-state index < -0.39 is 12.0 Å². The number of nitrogens with zero attached hydrogens (tertiary/aromatic N) is 1. The molecular formula is C17H21NO5. The van der Waals surface area contributed by atoms with Gasteiger partial charge in [-0.3, -0.25) is 14.5 Å². The summed E-state index contributed by atoms with van der Waals surface area (Å²) in [5, 5.41) is 0. The largest absolute Gasteiger partial charge is 0.482 e. The minimum atomic E-state index is -0.790. The highest BCUT2D eigenvalue weighted by Gasteiger charge is 2.34. The minimum Gasteiger partial charge on any atom is -0.482 e. The Morgan fingerprint density at radius 3 is 2.65 bits per heavy atom. The van der Waals surface area contributed by atoms with Crippen LogP contribution in [0.15, 0.2) is 18.2 Å². The first-order valence-electron chi connectivity index (χ1n) is 7.65. The Hall–Kier alpha value is -2.37. The van der Waals surface area contributed by atoms with Crippen molar-refractivity contribution in [1.82, 2.24) is 0 Å². The van der Waals surface area contributed by atoms with Gasteiger partial charge in [-0.05, 0) is 45.4 Å². The molecule has 0 radical (unpaired) electrons. The van der Waals surface area contributed by atoms with E-state index in [1.807, 2.05) is 6.92 Å². The van der Waals surface area contributed by atoms with Gasteiger partial charge in [-0.15, -0.1) is 0 Å². The van der Waals surface area contributed by atoms with Crippen LogP contribution in [0.25, 0.3) is 0 Å². The van der Waals surface area contributed by atoms with E-state index in [1.54, 1.807) is 32.0 Å². The number of carbonyl (C=O) groups excluding carboxylic acids is 3. The summed E-state index contributed by atoms with van der Waals surface area (Å²) in [5.41, 5.74) is 0.872. The van der Waals surface area contributed by atoms with Crippen molar-refractivity contribution in [2.75, 3.05) is 11.5 Å². The number of Topliss-reactive ketones (excluding diaryl/α,β-unsaturated/α-hetero) is 1. The number of hydrogen-bond donors (Lipinski definition) is 0. The second-order valence-electron chi connectivity index (χ2n) is 5.62. The molecule has 23 heavy (non-hydrogen) atoms. The summed E-state index contributed by atoms with van der Waals surface area (Å²) < 4.78 is 10.7. The van der Waals surface area contributed by atoms with Gasteiger partial charge in [0.05, 0.1) is 11.8 Å². The second kappa shape index (κ2) is 6.81. The Kier molecular flexibility index (Phi) is 5.03. The average Bonchev–Trinajstić information content (AvgIpc) is 2.53. The number of anilines is 1. The van der Waals surface area contributed by atoms with Crippen molar-refractivity contribution in [3.63, 3.8) is 0 Å². The molecule has 6 heteroatoms. The van der Waals surface area contributed by atoms with Gasteiger partial charge in [-0.2, -0.15) is 0 Å². The molecule has 0 aliphatic carbocycles. The number of carbonyl (C=O) groups is 3. The van der Waals surface area contributed by atoms with E-state index >= 15 is 0 Å². The summed E-state index contributed by atoms with van der Waals surface area (Å²) in [5.74, 6) is -0.473. The first kappa shape index (κ1) is 17.0. The van der Waals surface area contributed by atoms with Crippen LogP contribution in [0.4, 0.5) is 5.69 Å². The fraction of sp³-hybridized carbons (Fsp3) is 0.471. The molecule has 1 aromatic rings. The number of amides is 1. The number of ketones is 1. The fourth-order valence-corrected chi connectivity index (χ4v) is 2.30. The second-order valence-corrected chi connectivity index (χ2v) is 5.62. The number of ether oxygens (including phenoxy) is 2. The predicted octanol–water partition coefficient (Wildman–Crippen LogP) is 2.34. The number of rotatable bonds is 5. The Morgan fingerprint density at radius 2 is 2.04 bits per heavy atom. The topological polar surface area (TPSA) is 72.9 Å². The lowest BCUT2D eigenvalue weighted by Crippen LogP contribution is -2.49. The van der Waals surface area contributed by atoms with Gasteiger partial charge in [0.2, 0.25) is 0 Å². The zero-order valence-electron chi connectivity index (χ0n) is 13.8. The van der Waals surface area contributed by atoms with Crippen molar-refractivity contribution in [2.24, 2.45) is 0 Å². The molecule has 2 unspecified atom stereocenters. The lowest BCUT2D eigenvalue weighted by molar-refractivity contribution is -0.150. The molecule has 0 saturated heterocycles. The highest BCUT2D eigenvalue weighted by molar-refractivity contribution is 6.04. The van der Waals surface area contributed by atoms with E-state index in [1.165, 1.54) is 11.8 Å². The normalized spacial score (nSPS) is 16.2. The third-order valence-corrected chi connectivity index (χ3v) is 3.87. The van der Waals surface area contributed by atoms with E-state index in [4.69, 9.17) is 9.47 Å².